The zero-order valence-electron chi connectivity index (χ0n) is 16.4. The molecule has 0 unspecified atom stereocenters. The lowest BCUT2D eigenvalue weighted by Gasteiger charge is -2.12. The molecule has 3 aromatic rings. The van der Waals surface area contributed by atoms with Crippen LogP contribution in [0.15, 0.2) is 54.6 Å². The van der Waals surface area contributed by atoms with Crippen LogP contribution >= 0.6 is 11.3 Å². The average Bonchev–Trinajstić information content (AvgIpc) is 3.13. The molecule has 0 atom stereocenters. The van der Waals surface area contributed by atoms with Crippen LogP contribution in [0.25, 0.3) is 10.4 Å². The summed E-state index contributed by atoms with van der Waals surface area (Å²) in [5, 5.41) is 5.57. The second-order valence-corrected chi connectivity index (χ2v) is 7.21. The number of methoxy groups -OCH3 is 1. The van der Waals surface area contributed by atoms with Crippen LogP contribution in [0, 0.1) is 0 Å². The number of thiophene rings is 1. The third kappa shape index (κ3) is 4.94. The summed E-state index contributed by atoms with van der Waals surface area (Å²) in [4.78, 5) is 25.8. The van der Waals surface area contributed by atoms with Gasteiger partial charge < -0.3 is 20.1 Å². The number of hydrogen-bond donors (Lipinski definition) is 2. The van der Waals surface area contributed by atoms with Crippen LogP contribution in [0.1, 0.15) is 23.5 Å². The summed E-state index contributed by atoms with van der Waals surface area (Å²) in [6.45, 7) is 3.75. The van der Waals surface area contributed by atoms with Crippen molar-refractivity contribution in [1.29, 1.82) is 0 Å². The fourth-order valence-electron chi connectivity index (χ4n) is 2.81. The molecular formula is C22H22N2O4S. The Morgan fingerprint density at radius 1 is 1.00 bits per heavy atom. The molecule has 0 saturated heterocycles. The molecule has 6 nitrogen and oxygen atoms in total. The van der Waals surface area contributed by atoms with E-state index in [0.717, 1.165) is 10.4 Å². The van der Waals surface area contributed by atoms with Crippen LogP contribution in [-0.2, 0) is 4.79 Å². The van der Waals surface area contributed by atoms with E-state index >= 15 is 0 Å². The molecule has 1 heterocycles. The second-order valence-electron chi connectivity index (χ2n) is 6.15. The van der Waals surface area contributed by atoms with Gasteiger partial charge >= 0.3 is 0 Å². The van der Waals surface area contributed by atoms with E-state index in [4.69, 9.17) is 9.47 Å². The molecular weight excluding hydrogens is 388 g/mol. The van der Waals surface area contributed by atoms with Gasteiger partial charge in [0.1, 0.15) is 16.4 Å². The van der Waals surface area contributed by atoms with Gasteiger partial charge in [0.2, 0.25) is 5.91 Å². The second kappa shape index (κ2) is 9.25. The molecule has 0 radical (unpaired) electrons. The van der Waals surface area contributed by atoms with Crippen LogP contribution in [0.2, 0.25) is 0 Å². The largest absolute Gasteiger partial charge is 0.495 e. The van der Waals surface area contributed by atoms with E-state index in [0.29, 0.717) is 34.4 Å². The predicted molar refractivity (Wildman–Crippen MR) is 116 cm³/mol. The van der Waals surface area contributed by atoms with Crippen LogP contribution in [0.4, 0.5) is 11.4 Å². The molecule has 0 aliphatic heterocycles. The molecule has 0 fully saturated rings. The Kier molecular flexibility index (Phi) is 6.51. The molecule has 150 valence electrons. The quantitative estimate of drug-likeness (QED) is 0.573. The standard InChI is InChI=1S/C22H22N2O4S/c1-4-28-19-13-20(15-8-6-5-7-9-15)29-21(19)22(26)24-17-12-16(23-14(2)25)10-11-18(17)27-3/h5-13H,4H2,1-3H3,(H,23,25)(H,24,26). The van der Waals surface area contributed by atoms with Crippen molar-refractivity contribution >= 4 is 34.5 Å². The fourth-order valence-corrected chi connectivity index (χ4v) is 3.81. The molecule has 0 bridgehead atoms. The summed E-state index contributed by atoms with van der Waals surface area (Å²) in [5.74, 6) is 0.520. The molecule has 0 aliphatic rings. The zero-order valence-corrected chi connectivity index (χ0v) is 17.3. The maximum atomic E-state index is 13.0. The molecule has 29 heavy (non-hydrogen) atoms. The number of rotatable bonds is 7. The topological polar surface area (TPSA) is 76.7 Å². The molecule has 0 spiro atoms. The highest BCUT2D eigenvalue weighted by molar-refractivity contribution is 7.17. The lowest BCUT2D eigenvalue weighted by Crippen LogP contribution is -2.13. The van der Waals surface area contributed by atoms with Crippen molar-refractivity contribution in [2.75, 3.05) is 24.4 Å². The Balaban J connectivity index is 1.92. The Labute approximate surface area is 173 Å². The van der Waals surface area contributed by atoms with Gasteiger partial charge in [0.05, 0.1) is 19.4 Å². The normalized spacial score (nSPS) is 10.3. The predicted octanol–water partition coefficient (Wildman–Crippen LogP) is 5.03. The number of carbonyl (C=O) groups is 2. The molecule has 1 aromatic heterocycles. The van der Waals surface area contributed by atoms with Crippen molar-refractivity contribution in [3.8, 4) is 21.9 Å². The summed E-state index contributed by atoms with van der Waals surface area (Å²) < 4.78 is 11.0. The highest BCUT2D eigenvalue weighted by Crippen LogP contribution is 2.37. The van der Waals surface area contributed by atoms with Gasteiger partial charge in [-0.2, -0.15) is 0 Å². The Bertz CT molecular complexity index is 1010. The van der Waals surface area contributed by atoms with E-state index in [9.17, 15) is 9.59 Å². The van der Waals surface area contributed by atoms with Crippen LogP contribution in [0.3, 0.4) is 0 Å². The van der Waals surface area contributed by atoms with Gasteiger partial charge in [-0.25, -0.2) is 0 Å². The first-order chi connectivity index (χ1) is 14.0. The summed E-state index contributed by atoms with van der Waals surface area (Å²) in [5.41, 5.74) is 2.04. The Morgan fingerprint density at radius 3 is 2.41 bits per heavy atom. The monoisotopic (exact) mass is 410 g/mol. The molecule has 2 amide bonds. The van der Waals surface area contributed by atoms with E-state index in [1.807, 2.05) is 43.3 Å². The first-order valence-corrected chi connectivity index (χ1v) is 9.92. The van der Waals surface area contributed by atoms with Crippen LogP contribution < -0.4 is 20.1 Å². The van der Waals surface area contributed by atoms with E-state index in [1.54, 1.807) is 18.2 Å². The highest BCUT2D eigenvalue weighted by atomic mass is 32.1. The van der Waals surface area contributed by atoms with Gasteiger partial charge in [-0.05, 0) is 36.8 Å². The van der Waals surface area contributed by atoms with Crippen molar-refractivity contribution in [2.24, 2.45) is 0 Å². The number of hydrogen-bond acceptors (Lipinski definition) is 5. The number of amides is 2. The Morgan fingerprint density at radius 2 is 1.76 bits per heavy atom. The highest BCUT2D eigenvalue weighted by Gasteiger charge is 2.20. The first-order valence-electron chi connectivity index (χ1n) is 9.10. The minimum absolute atomic E-state index is 0.197. The van der Waals surface area contributed by atoms with E-state index < -0.39 is 0 Å². The van der Waals surface area contributed by atoms with Crippen LogP contribution in [0.5, 0.6) is 11.5 Å². The lowest BCUT2D eigenvalue weighted by molar-refractivity contribution is -0.114. The van der Waals surface area contributed by atoms with Crippen molar-refractivity contribution in [2.45, 2.75) is 13.8 Å². The average molecular weight is 410 g/mol. The number of anilines is 2. The molecule has 0 saturated carbocycles. The van der Waals surface area contributed by atoms with E-state index in [1.165, 1.54) is 25.4 Å². The van der Waals surface area contributed by atoms with Crippen molar-refractivity contribution in [1.82, 2.24) is 0 Å². The van der Waals surface area contributed by atoms with E-state index in [2.05, 4.69) is 10.6 Å². The van der Waals surface area contributed by atoms with Gasteiger partial charge in [-0.3, -0.25) is 9.59 Å². The maximum absolute atomic E-state index is 13.0. The summed E-state index contributed by atoms with van der Waals surface area (Å²) in [6.07, 6.45) is 0. The number of benzene rings is 2. The summed E-state index contributed by atoms with van der Waals surface area (Å²) >= 11 is 1.36. The minimum atomic E-state index is -0.307. The summed E-state index contributed by atoms with van der Waals surface area (Å²) in [6, 6.07) is 16.8. The fraction of sp³-hybridized carbons (Fsp3) is 0.182. The van der Waals surface area contributed by atoms with Gasteiger partial charge in [0.25, 0.3) is 5.91 Å². The smallest absolute Gasteiger partial charge is 0.269 e. The molecule has 7 heteroatoms. The first kappa shape index (κ1) is 20.4. The van der Waals surface area contributed by atoms with Gasteiger partial charge in [0.15, 0.2) is 0 Å². The zero-order chi connectivity index (χ0) is 20.8. The van der Waals surface area contributed by atoms with Gasteiger partial charge in [-0.1, -0.05) is 30.3 Å². The SMILES string of the molecule is CCOc1cc(-c2ccccc2)sc1C(=O)Nc1cc(NC(C)=O)ccc1OC. The third-order valence-corrected chi connectivity index (χ3v) is 5.19. The maximum Gasteiger partial charge on any atom is 0.269 e. The van der Waals surface area contributed by atoms with Gasteiger partial charge in [0, 0.05) is 17.5 Å². The van der Waals surface area contributed by atoms with Crippen LogP contribution in [-0.4, -0.2) is 25.5 Å². The lowest BCUT2D eigenvalue weighted by atomic mass is 10.2. The third-order valence-electron chi connectivity index (χ3n) is 4.03. The van der Waals surface area contributed by atoms with Crippen molar-refractivity contribution in [3.63, 3.8) is 0 Å². The Hall–Kier alpha value is -3.32. The van der Waals surface area contributed by atoms with Gasteiger partial charge in [-0.15, -0.1) is 11.3 Å². The molecule has 0 aliphatic carbocycles. The van der Waals surface area contributed by atoms with Crippen molar-refractivity contribution < 1.29 is 19.1 Å². The van der Waals surface area contributed by atoms with E-state index in [-0.39, 0.29) is 11.8 Å². The number of nitrogens with one attached hydrogen (secondary N) is 2. The molecule has 2 N–H and O–H groups in total. The minimum Gasteiger partial charge on any atom is -0.495 e. The molecule has 3 rings (SSSR count). The van der Waals surface area contributed by atoms with Crippen molar-refractivity contribution in [3.05, 3.63) is 59.5 Å². The number of carbonyl (C=O) groups excluding carboxylic acids is 2. The molecule has 2 aromatic carbocycles. The number of ether oxygens (including phenoxy) is 2. The summed E-state index contributed by atoms with van der Waals surface area (Å²) in [7, 11) is 1.52.